The normalized spacial score (nSPS) is 12.6. The van der Waals surface area contributed by atoms with Crippen LogP contribution in [0.4, 0.5) is 13.2 Å². The maximum atomic E-state index is 13.0. The molecule has 0 saturated heterocycles. The zero-order valence-corrected chi connectivity index (χ0v) is 17.4. The Morgan fingerprint density at radius 2 is 2.00 bits per heavy atom. The van der Waals surface area contributed by atoms with Crippen molar-refractivity contribution in [3.05, 3.63) is 53.6 Å². The van der Waals surface area contributed by atoms with E-state index in [0.29, 0.717) is 12.3 Å². The molecule has 1 aromatic rings. The molecule has 0 heterocycles. The summed E-state index contributed by atoms with van der Waals surface area (Å²) in [5, 5.41) is 6.17. The number of alkyl halides is 2. The molecular formula is C22H31F3N2O2. The highest BCUT2D eigenvalue weighted by Crippen LogP contribution is 2.18. The molecule has 0 aliphatic carbocycles. The maximum absolute atomic E-state index is 13.0. The fourth-order valence-electron chi connectivity index (χ4n) is 2.51. The zero-order valence-electron chi connectivity index (χ0n) is 17.4. The lowest BCUT2D eigenvalue weighted by molar-refractivity contribution is -0.114. The Balaban J connectivity index is 2.28. The number of Topliss-reactive ketones (excluding diaryl/α,β-unsaturated/α-hetero) is 1. The number of ketones is 1. The van der Waals surface area contributed by atoms with Crippen LogP contribution in [-0.4, -0.2) is 31.4 Å². The Kier molecular flexibility index (Phi) is 10.9. The number of halogens is 3. The SMILES string of the molecule is C/C=C(/CCCCN/C=C(/F)C(C)=O)NCCc1cccc(OCC(C)(F)F)c1. The van der Waals surface area contributed by atoms with Gasteiger partial charge in [-0.05, 0) is 50.3 Å². The first kappa shape index (κ1) is 24.6. The van der Waals surface area contributed by atoms with Crippen molar-refractivity contribution in [2.24, 2.45) is 0 Å². The lowest BCUT2D eigenvalue weighted by Crippen LogP contribution is -2.21. The van der Waals surface area contributed by atoms with Gasteiger partial charge in [0, 0.05) is 38.8 Å². The number of benzene rings is 1. The van der Waals surface area contributed by atoms with E-state index in [1.807, 2.05) is 19.1 Å². The predicted molar refractivity (Wildman–Crippen MR) is 110 cm³/mol. The van der Waals surface area contributed by atoms with Crippen molar-refractivity contribution in [2.45, 2.75) is 52.4 Å². The third kappa shape index (κ3) is 11.9. The molecule has 0 radical (unpaired) electrons. The monoisotopic (exact) mass is 412 g/mol. The van der Waals surface area contributed by atoms with E-state index in [9.17, 15) is 18.0 Å². The first-order valence-electron chi connectivity index (χ1n) is 9.80. The lowest BCUT2D eigenvalue weighted by atomic mass is 10.1. The van der Waals surface area contributed by atoms with Crippen molar-refractivity contribution in [2.75, 3.05) is 19.7 Å². The largest absolute Gasteiger partial charge is 0.487 e. The van der Waals surface area contributed by atoms with E-state index >= 15 is 0 Å². The lowest BCUT2D eigenvalue weighted by Gasteiger charge is -2.13. The number of hydrogen-bond acceptors (Lipinski definition) is 4. The summed E-state index contributed by atoms with van der Waals surface area (Å²) in [5.41, 5.74) is 2.13. The molecule has 0 amide bonds. The van der Waals surface area contributed by atoms with E-state index in [4.69, 9.17) is 4.74 Å². The summed E-state index contributed by atoms with van der Waals surface area (Å²) in [6, 6.07) is 7.19. The first-order chi connectivity index (χ1) is 13.7. The molecule has 1 aromatic carbocycles. The van der Waals surface area contributed by atoms with Gasteiger partial charge in [0.15, 0.2) is 18.2 Å². The van der Waals surface area contributed by atoms with Crippen LogP contribution in [0.5, 0.6) is 5.75 Å². The molecule has 0 unspecified atom stereocenters. The average molecular weight is 412 g/mol. The number of allylic oxidation sites excluding steroid dienone is 3. The molecule has 1 rings (SSSR count). The Bertz CT molecular complexity index is 698. The third-order valence-electron chi connectivity index (χ3n) is 4.09. The van der Waals surface area contributed by atoms with E-state index in [1.165, 1.54) is 6.92 Å². The summed E-state index contributed by atoms with van der Waals surface area (Å²) >= 11 is 0. The number of hydrogen-bond donors (Lipinski definition) is 2. The summed E-state index contributed by atoms with van der Waals surface area (Å²) < 4.78 is 43.9. The molecule has 0 spiro atoms. The van der Waals surface area contributed by atoms with Gasteiger partial charge in [-0.25, -0.2) is 13.2 Å². The minimum absolute atomic E-state index is 0.443. The van der Waals surface area contributed by atoms with Gasteiger partial charge in [0.05, 0.1) is 0 Å². The van der Waals surface area contributed by atoms with Crippen molar-refractivity contribution in [1.29, 1.82) is 0 Å². The van der Waals surface area contributed by atoms with E-state index in [1.54, 1.807) is 18.2 Å². The minimum atomic E-state index is -2.86. The second-order valence-corrected chi connectivity index (χ2v) is 6.96. The molecule has 4 nitrogen and oxygen atoms in total. The number of carbonyl (C=O) groups excluding carboxylic acids is 1. The topological polar surface area (TPSA) is 50.4 Å². The minimum Gasteiger partial charge on any atom is -0.487 e. The van der Waals surface area contributed by atoms with Crippen LogP contribution in [0, 0.1) is 0 Å². The van der Waals surface area contributed by atoms with Crippen LogP contribution >= 0.6 is 0 Å². The Morgan fingerprint density at radius 1 is 1.24 bits per heavy atom. The number of unbranched alkanes of at least 4 members (excludes halogenated alkanes) is 1. The highest BCUT2D eigenvalue weighted by atomic mass is 19.3. The van der Waals surface area contributed by atoms with Crippen LogP contribution in [0.3, 0.4) is 0 Å². The van der Waals surface area contributed by atoms with Crippen molar-refractivity contribution in [3.8, 4) is 5.75 Å². The highest BCUT2D eigenvalue weighted by molar-refractivity contribution is 5.90. The van der Waals surface area contributed by atoms with Gasteiger partial charge in [-0.3, -0.25) is 4.79 Å². The summed E-state index contributed by atoms with van der Waals surface area (Å²) in [6.07, 6.45) is 6.51. The Hall–Kier alpha value is -2.44. The Morgan fingerprint density at radius 3 is 2.66 bits per heavy atom. The standard InChI is InChI=1S/C22H31F3N2O2/c1-4-19(9-5-6-12-26-15-21(23)17(2)28)27-13-11-18-8-7-10-20(14-18)29-16-22(3,24)25/h4,7-8,10,14-15,26-27H,5-6,9,11-13,16H2,1-3H3/b19-4-,21-15+. The third-order valence-corrected chi connectivity index (χ3v) is 4.09. The summed E-state index contributed by atoms with van der Waals surface area (Å²) in [4.78, 5) is 10.7. The van der Waals surface area contributed by atoms with Crippen LogP contribution in [0.1, 0.15) is 45.6 Å². The van der Waals surface area contributed by atoms with Gasteiger partial charge in [0.1, 0.15) is 5.75 Å². The number of rotatable bonds is 14. The van der Waals surface area contributed by atoms with Crippen LogP contribution in [0.2, 0.25) is 0 Å². The molecule has 2 N–H and O–H groups in total. The maximum Gasteiger partial charge on any atom is 0.278 e. The van der Waals surface area contributed by atoms with E-state index in [-0.39, 0.29) is 0 Å². The molecule has 0 saturated carbocycles. The van der Waals surface area contributed by atoms with Crippen molar-refractivity contribution < 1.29 is 22.7 Å². The molecule has 0 atom stereocenters. The van der Waals surface area contributed by atoms with Gasteiger partial charge in [0.25, 0.3) is 5.92 Å². The zero-order chi connectivity index (χ0) is 21.7. The van der Waals surface area contributed by atoms with E-state index in [2.05, 4.69) is 10.6 Å². The van der Waals surface area contributed by atoms with Gasteiger partial charge in [-0.1, -0.05) is 18.2 Å². The molecule has 29 heavy (non-hydrogen) atoms. The fourth-order valence-corrected chi connectivity index (χ4v) is 2.51. The number of ether oxygens (including phenoxy) is 1. The molecule has 0 bridgehead atoms. The predicted octanol–water partition coefficient (Wildman–Crippen LogP) is 4.92. The summed E-state index contributed by atoms with van der Waals surface area (Å²) in [7, 11) is 0. The highest BCUT2D eigenvalue weighted by Gasteiger charge is 2.21. The number of nitrogens with one attached hydrogen (secondary N) is 2. The molecular weight excluding hydrogens is 381 g/mol. The van der Waals surface area contributed by atoms with Crippen LogP contribution in [0.25, 0.3) is 0 Å². The van der Waals surface area contributed by atoms with Gasteiger partial charge in [-0.2, -0.15) is 0 Å². The summed E-state index contributed by atoms with van der Waals surface area (Å²) in [5.74, 6) is -3.76. The Labute approximate surface area is 171 Å². The van der Waals surface area contributed by atoms with Crippen molar-refractivity contribution >= 4 is 5.78 Å². The van der Waals surface area contributed by atoms with Gasteiger partial charge >= 0.3 is 0 Å². The summed E-state index contributed by atoms with van der Waals surface area (Å²) in [6.45, 7) is 4.66. The average Bonchev–Trinajstić information content (AvgIpc) is 2.67. The van der Waals surface area contributed by atoms with Crippen LogP contribution in [0.15, 0.2) is 48.1 Å². The quantitative estimate of drug-likeness (QED) is 0.337. The van der Waals surface area contributed by atoms with Gasteiger partial charge in [-0.15, -0.1) is 0 Å². The molecule has 0 aliphatic rings. The van der Waals surface area contributed by atoms with Crippen molar-refractivity contribution in [3.63, 3.8) is 0 Å². The smallest absolute Gasteiger partial charge is 0.278 e. The van der Waals surface area contributed by atoms with Crippen LogP contribution in [-0.2, 0) is 11.2 Å². The second kappa shape index (κ2) is 12.9. The number of carbonyl (C=O) groups is 1. The molecule has 0 fully saturated rings. The van der Waals surface area contributed by atoms with Gasteiger partial charge < -0.3 is 15.4 Å². The first-order valence-corrected chi connectivity index (χ1v) is 9.80. The van der Waals surface area contributed by atoms with Gasteiger partial charge in [0.2, 0.25) is 0 Å². The fraction of sp³-hybridized carbons (Fsp3) is 0.500. The van der Waals surface area contributed by atoms with E-state index < -0.39 is 24.1 Å². The molecule has 0 aromatic heterocycles. The second-order valence-electron chi connectivity index (χ2n) is 6.96. The van der Waals surface area contributed by atoms with Crippen LogP contribution < -0.4 is 15.4 Å². The molecule has 7 heteroatoms. The van der Waals surface area contributed by atoms with Crippen molar-refractivity contribution in [1.82, 2.24) is 10.6 Å². The van der Waals surface area contributed by atoms with E-state index in [0.717, 1.165) is 56.6 Å². The molecule has 162 valence electrons. The molecule has 0 aliphatic heterocycles.